The summed E-state index contributed by atoms with van der Waals surface area (Å²) < 4.78 is 7.57. The summed E-state index contributed by atoms with van der Waals surface area (Å²) in [7, 11) is 0. The Bertz CT molecular complexity index is 168. The Morgan fingerprint density at radius 1 is 1.60 bits per heavy atom. The highest BCUT2D eigenvalue weighted by atomic mass is 14.0. The highest BCUT2D eigenvalue weighted by molar-refractivity contribution is 5.22. The van der Waals surface area contributed by atoms with E-state index < -0.39 is 0 Å². The average molecular weight is 137 g/mol. The maximum absolute atomic E-state index is 7.57. The first-order valence-electron chi connectivity index (χ1n) is 4.72. The molecule has 0 fully saturated rings. The standard InChI is InChI=1S/C10H16/c1-2-3-4-7-10-8-5-6-9-10/h5-6,8H,2-4,7,9H2,1H3/i9D. The average Bonchev–Trinajstić information content (AvgIpc) is 2.37. The van der Waals surface area contributed by atoms with Crippen LogP contribution in [-0.2, 0) is 0 Å². The molecule has 0 saturated carbocycles. The van der Waals surface area contributed by atoms with E-state index in [4.69, 9.17) is 1.37 Å². The lowest BCUT2D eigenvalue weighted by molar-refractivity contribution is 0.709. The van der Waals surface area contributed by atoms with E-state index in [0.717, 1.165) is 6.42 Å². The van der Waals surface area contributed by atoms with Crippen molar-refractivity contribution >= 4 is 0 Å². The number of hydrogen-bond acceptors (Lipinski definition) is 0. The minimum absolute atomic E-state index is 0.0353. The highest BCUT2D eigenvalue weighted by Crippen LogP contribution is 2.17. The second-order valence-corrected chi connectivity index (χ2v) is 2.75. The van der Waals surface area contributed by atoms with Gasteiger partial charge in [0.25, 0.3) is 0 Å². The molecule has 0 bridgehead atoms. The summed E-state index contributed by atoms with van der Waals surface area (Å²) >= 11 is 0. The summed E-state index contributed by atoms with van der Waals surface area (Å²) in [6.07, 6.45) is 10.9. The van der Waals surface area contributed by atoms with Gasteiger partial charge in [0.1, 0.15) is 0 Å². The fourth-order valence-corrected chi connectivity index (χ4v) is 1.16. The molecule has 0 saturated heterocycles. The van der Waals surface area contributed by atoms with Crippen molar-refractivity contribution in [2.24, 2.45) is 0 Å². The minimum atomic E-state index is -0.0353. The van der Waals surface area contributed by atoms with E-state index in [1.807, 2.05) is 12.2 Å². The molecule has 1 unspecified atom stereocenters. The van der Waals surface area contributed by atoms with Crippen LogP contribution in [0.5, 0.6) is 0 Å². The Hall–Kier alpha value is -0.520. The second-order valence-electron chi connectivity index (χ2n) is 2.75. The summed E-state index contributed by atoms with van der Waals surface area (Å²) in [6, 6.07) is 0. The minimum Gasteiger partial charge on any atom is -0.0805 e. The van der Waals surface area contributed by atoms with Crippen molar-refractivity contribution in [3.05, 3.63) is 23.8 Å². The molecule has 0 heterocycles. The second kappa shape index (κ2) is 4.32. The normalized spacial score (nSPS) is 24.7. The molecular formula is C10H16. The van der Waals surface area contributed by atoms with Crippen molar-refractivity contribution < 1.29 is 1.37 Å². The van der Waals surface area contributed by atoms with E-state index in [2.05, 4.69) is 13.0 Å². The lowest BCUT2D eigenvalue weighted by Crippen LogP contribution is -1.79. The van der Waals surface area contributed by atoms with E-state index in [-0.39, 0.29) is 6.40 Å². The molecule has 0 aromatic heterocycles. The van der Waals surface area contributed by atoms with Gasteiger partial charge in [-0.3, -0.25) is 0 Å². The highest BCUT2D eigenvalue weighted by Gasteiger charge is 1.97. The van der Waals surface area contributed by atoms with Gasteiger partial charge in [0, 0.05) is 1.37 Å². The lowest BCUT2D eigenvalue weighted by Gasteiger charge is -1.98. The Labute approximate surface area is 65.0 Å². The number of allylic oxidation sites excluding steroid dienone is 4. The van der Waals surface area contributed by atoms with Gasteiger partial charge in [0.05, 0.1) is 0 Å². The van der Waals surface area contributed by atoms with Crippen LogP contribution in [-0.4, -0.2) is 0 Å². The molecular weight excluding hydrogens is 120 g/mol. The molecule has 1 aliphatic rings. The van der Waals surface area contributed by atoms with Crippen molar-refractivity contribution in [2.75, 3.05) is 0 Å². The zero-order chi connectivity index (χ0) is 8.10. The van der Waals surface area contributed by atoms with Gasteiger partial charge in [-0.1, -0.05) is 43.6 Å². The van der Waals surface area contributed by atoms with Gasteiger partial charge in [-0.15, -0.1) is 0 Å². The smallest absolute Gasteiger partial charge is 0.0356 e. The Kier molecular flexibility index (Phi) is 2.68. The molecule has 0 aromatic rings. The molecule has 0 N–H and O–H groups in total. The first-order chi connectivity index (χ1) is 5.34. The summed E-state index contributed by atoms with van der Waals surface area (Å²) in [6.45, 7) is 2.21. The van der Waals surface area contributed by atoms with Crippen molar-refractivity contribution in [3.8, 4) is 0 Å². The number of unbranched alkanes of at least 4 members (excludes halogenated alkanes) is 2. The lowest BCUT2D eigenvalue weighted by atomic mass is 10.1. The zero-order valence-electron chi connectivity index (χ0n) is 7.64. The Morgan fingerprint density at radius 3 is 3.10 bits per heavy atom. The molecule has 0 aliphatic heterocycles. The Balaban J connectivity index is 2.18. The van der Waals surface area contributed by atoms with Crippen LogP contribution in [0, 0.1) is 0 Å². The van der Waals surface area contributed by atoms with E-state index in [0.29, 0.717) is 0 Å². The third-order valence-corrected chi connectivity index (χ3v) is 1.80. The molecule has 0 heteroatoms. The molecule has 0 radical (unpaired) electrons. The summed E-state index contributed by atoms with van der Waals surface area (Å²) in [5.41, 5.74) is 1.29. The molecule has 0 spiro atoms. The maximum Gasteiger partial charge on any atom is 0.0356 e. The zero-order valence-corrected chi connectivity index (χ0v) is 6.64. The van der Waals surface area contributed by atoms with Gasteiger partial charge < -0.3 is 0 Å². The van der Waals surface area contributed by atoms with Crippen LogP contribution in [0.4, 0.5) is 0 Å². The van der Waals surface area contributed by atoms with Gasteiger partial charge in [0.15, 0.2) is 0 Å². The first kappa shape index (κ1) is 6.21. The van der Waals surface area contributed by atoms with Crippen molar-refractivity contribution in [1.29, 1.82) is 0 Å². The quantitative estimate of drug-likeness (QED) is 0.520. The van der Waals surface area contributed by atoms with Gasteiger partial charge in [-0.25, -0.2) is 0 Å². The molecule has 10 heavy (non-hydrogen) atoms. The van der Waals surface area contributed by atoms with Crippen LogP contribution in [0.25, 0.3) is 0 Å². The molecule has 0 amide bonds. The predicted molar refractivity (Wildman–Crippen MR) is 46.0 cm³/mol. The van der Waals surface area contributed by atoms with Crippen LogP contribution in [0.3, 0.4) is 0 Å². The molecule has 1 atom stereocenters. The van der Waals surface area contributed by atoms with Crippen LogP contribution in [0.15, 0.2) is 23.8 Å². The number of hydrogen-bond donors (Lipinski definition) is 0. The van der Waals surface area contributed by atoms with Crippen LogP contribution < -0.4 is 0 Å². The van der Waals surface area contributed by atoms with E-state index in [9.17, 15) is 0 Å². The molecule has 1 aliphatic carbocycles. The topological polar surface area (TPSA) is 0 Å². The van der Waals surface area contributed by atoms with E-state index in [1.165, 1.54) is 24.8 Å². The van der Waals surface area contributed by atoms with Gasteiger partial charge in [0.2, 0.25) is 0 Å². The van der Waals surface area contributed by atoms with Crippen molar-refractivity contribution in [3.63, 3.8) is 0 Å². The van der Waals surface area contributed by atoms with E-state index >= 15 is 0 Å². The van der Waals surface area contributed by atoms with Crippen molar-refractivity contribution in [2.45, 2.75) is 39.0 Å². The third kappa shape index (κ3) is 2.38. The molecule has 0 nitrogen and oxygen atoms in total. The monoisotopic (exact) mass is 137 g/mol. The van der Waals surface area contributed by atoms with Gasteiger partial charge in [-0.2, -0.15) is 0 Å². The van der Waals surface area contributed by atoms with E-state index in [1.54, 1.807) is 0 Å². The van der Waals surface area contributed by atoms with Crippen LogP contribution >= 0.6 is 0 Å². The van der Waals surface area contributed by atoms with Crippen molar-refractivity contribution in [1.82, 2.24) is 0 Å². The SMILES string of the molecule is [2H]C1C=CC=C1CCCCC. The van der Waals surface area contributed by atoms with Gasteiger partial charge >= 0.3 is 0 Å². The third-order valence-electron chi connectivity index (χ3n) is 1.80. The Morgan fingerprint density at radius 2 is 2.50 bits per heavy atom. The summed E-state index contributed by atoms with van der Waals surface area (Å²) in [5, 5.41) is 0. The fraction of sp³-hybridized carbons (Fsp3) is 0.600. The fourth-order valence-electron chi connectivity index (χ4n) is 1.16. The predicted octanol–water partition coefficient (Wildman–Crippen LogP) is 3.45. The first-order valence-corrected chi connectivity index (χ1v) is 4.14. The number of rotatable bonds is 4. The summed E-state index contributed by atoms with van der Waals surface area (Å²) in [5.74, 6) is 0. The van der Waals surface area contributed by atoms with Crippen LogP contribution in [0.2, 0.25) is 0 Å². The summed E-state index contributed by atoms with van der Waals surface area (Å²) in [4.78, 5) is 0. The van der Waals surface area contributed by atoms with Gasteiger partial charge in [-0.05, 0) is 19.2 Å². The molecule has 1 rings (SSSR count). The van der Waals surface area contributed by atoms with Crippen LogP contribution in [0.1, 0.15) is 40.4 Å². The maximum atomic E-state index is 7.57. The molecule has 0 aromatic carbocycles. The largest absolute Gasteiger partial charge is 0.0805 e. The molecule has 56 valence electrons.